The van der Waals surface area contributed by atoms with Gasteiger partial charge in [0.15, 0.2) is 0 Å². The van der Waals surface area contributed by atoms with E-state index in [-0.39, 0.29) is 0 Å². The summed E-state index contributed by atoms with van der Waals surface area (Å²) in [6, 6.07) is 5.19. The Hall–Kier alpha value is -1.71. The van der Waals surface area contributed by atoms with Crippen LogP contribution >= 0.6 is 0 Å². The molecule has 0 saturated carbocycles. The van der Waals surface area contributed by atoms with Crippen molar-refractivity contribution in [3.05, 3.63) is 23.8 Å². The highest BCUT2D eigenvalue weighted by Gasteiger charge is 2.26. The van der Waals surface area contributed by atoms with E-state index >= 15 is 0 Å². The fourth-order valence-electron chi connectivity index (χ4n) is 2.22. The number of nitrogens with two attached hydrogens (primary N) is 1. The van der Waals surface area contributed by atoms with Crippen LogP contribution in [-0.2, 0) is 11.2 Å². The van der Waals surface area contributed by atoms with Gasteiger partial charge in [0.1, 0.15) is 6.04 Å². The number of nitrogen functional groups attached to an aromatic ring is 1. The Morgan fingerprint density at radius 1 is 1.56 bits per heavy atom. The van der Waals surface area contributed by atoms with E-state index in [0.29, 0.717) is 0 Å². The number of carboxylic acids is 1. The normalized spacial score (nSPS) is 16.7. The monoisotopic (exact) mass is 220 g/mol. The van der Waals surface area contributed by atoms with Crippen molar-refractivity contribution in [3.63, 3.8) is 0 Å². The summed E-state index contributed by atoms with van der Waals surface area (Å²) in [4.78, 5) is 12.9. The van der Waals surface area contributed by atoms with E-state index < -0.39 is 12.0 Å². The van der Waals surface area contributed by atoms with Crippen LogP contribution in [0.5, 0.6) is 0 Å². The summed E-state index contributed by atoms with van der Waals surface area (Å²) in [6.45, 7) is 2.49. The minimum absolute atomic E-state index is 0.499. The average molecular weight is 220 g/mol. The number of anilines is 2. The lowest BCUT2D eigenvalue weighted by Gasteiger charge is -2.34. The molecule has 0 amide bonds. The summed E-state index contributed by atoms with van der Waals surface area (Å²) in [6.07, 6.45) is 1.89. The van der Waals surface area contributed by atoms with Gasteiger partial charge in [0, 0.05) is 17.9 Å². The average Bonchev–Trinajstić information content (AvgIpc) is 2.28. The zero-order valence-electron chi connectivity index (χ0n) is 9.31. The van der Waals surface area contributed by atoms with Crippen LogP contribution in [0.3, 0.4) is 0 Å². The molecule has 0 aromatic heterocycles. The minimum atomic E-state index is -0.796. The second-order valence-corrected chi connectivity index (χ2v) is 4.16. The second-order valence-electron chi connectivity index (χ2n) is 4.16. The van der Waals surface area contributed by atoms with Gasteiger partial charge in [-0.2, -0.15) is 0 Å². The second kappa shape index (κ2) is 4.04. The summed E-state index contributed by atoms with van der Waals surface area (Å²) in [5.74, 6) is -0.796. The first kappa shape index (κ1) is 10.8. The fourth-order valence-corrected chi connectivity index (χ4v) is 2.22. The van der Waals surface area contributed by atoms with E-state index in [0.717, 1.165) is 36.3 Å². The van der Waals surface area contributed by atoms with Crippen molar-refractivity contribution in [3.8, 4) is 0 Å². The number of carbonyl (C=O) groups is 1. The quantitative estimate of drug-likeness (QED) is 0.741. The molecule has 0 spiro atoms. The molecule has 2 rings (SSSR count). The molecule has 4 nitrogen and oxygen atoms in total. The molecule has 1 unspecified atom stereocenters. The van der Waals surface area contributed by atoms with E-state index in [4.69, 9.17) is 10.8 Å². The highest BCUT2D eigenvalue weighted by molar-refractivity contribution is 5.79. The SMILES string of the molecule is CC(C(=O)O)N1CCCc2c(N)cccc21. The Morgan fingerprint density at radius 2 is 2.31 bits per heavy atom. The van der Waals surface area contributed by atoms with Crippen LogP contribution in [0.25, 0.3) is 0 Å². The van der Waals surface area contributed by atoms with Gasteiger partial charge >= 0.3 is 5.97 Å². The van der Waals surface area contributed by atoms with Crippen LogP contribution < -0.4 is 10.6 Å². The molecule has 1 aromatic rings. The van der Waals surface area contributed by atoms with Crippen molar-refractivity contribution in [1.29, 1.82) is 0 Å². The number of hydrogen-bond donors (Lipinski definition) is 2. The van der Waals surface area contributed by atoms with E-state index in [1.165, 1.54) is 0 Å². The van der Waals surface area contributed by atoms with Gasteiger partial charge in [-0.25, -0.2) is 4.79 Å². The Morgan fingerprint density at radius 3 is 3.00 bits per heavy atom. The molecule has 3 N–H and O–H groups in total. The first-order valence-corrected chi connectivity index (χ1v) is 5.48. The third kappa shape index (κ3) is 1.71. The van der Waals surface area contributed by atoms with Gasteiger partial charge in [0.05, 0.1) is 0 Å². The maximum Gasteiger partial charge on any atom is 0.326 e. The minimum Gasteiger partial charge on any atom is -0.480 e. The molecule has 1 aliphatic heterocycles. The zero-order chi connectivity index (χ0) is 11.7. The van der Waals surface area contributed by atoms with Gasteiger partial charge in [-0.15, -0.1) is 0 Å². The van der Waals surface area contributed by atoms with Crippen LogP contribution in [0, 0.1) is 0 Å². The Labute approximate surface area is 94.7 Å². The first-order valence-electron chi connectivity index (χ1n) is 5.48. The molecule has 0 bridgehead atoms. The lowest BCUT2D eigenvalue weighted by atomic mass is 9.98. The molecular formula is C12H16N2O2. The van der Waals surface area contributed by atoms with Crippen molar-refractivity contribution in [1.82, 2.24) is 0 Å². The highest BCUT2D eigenvalue weighted by Crippen LogP contribution is 2.32. The van der Waals surface area contributed by atoms with Crippen molar-refractivity contribution in [2.24, 2.45) is 0 Å². The summed E-state index contributed by atoms with van der Waals surface area (Å²) in [7, 11) is 0. The molecule has 4 heteroatoms. The molecule has 1 aliphatic rings. The van der Waals surface area contributed by atoms with Crippen LogP contribution in [0.4, 0.5) is 11.4 Å². The molecule has 0 fully saturated rings. The molecule has 0 aliphatic carbocycles. The topological polar surface area (TPSA) is 66.6 Å². The number of nitrogens with zero attached hydrogens (tertiary/aromatic N) is 1. The first-order chi connectivity index (χ1) is 7.61. The van der Waals surface area contributed by atoms with Crippen molar-refractivity contribution < 1.29 is 9.90 Å². The van der Waals surface area contributed by atoms with Crippen LogP contribution in [-0.4, -0.2) is 23.7 Å². The molecule has 0 saturated heterocycles. The van der Waals surface area contributed by atoms with Gasteiger partial charge in [-0.1, -0.05) is 6.07 Å². The largest absolute Gasteiger partial charge is 0.480 e. The van der Waals surface area contributed by atoms with E-state index in [1.54, 1.807) is 6.92 Å². The summed E-state index contributed by atoms with van der Waals surface area (Å²) < 4.78 is 0. The predicted molar refractivity (Wildman–Crippen MR) is 63.6 cm³/mol. The molecule has 0 radical (unpaired) electrons. The van der Waals surface area contributed by atoms with Crippen molar-refractivity contribution in [2.45, 2.75) is 25.8 Å². The standard InChI is InChI=1S/C12H16N2O2/c1-8(12(15)16)14-7-3-4-9-10(13)5-2-6-11(9)14/h2,5-6,8H,3-4,7,13H2,1H3,(H,15,16). The van der Waals surface area contributed by atoms with Crippen LogP contribution in [0.15, 0.2) is 18.2 Å². The molecule has 1 atom stereocenters. The van der Waals surface area contributed by atoms with Gasteiger partial charge in [-0.3, -0.25) is 0 Å². The number of hydrogen-bond acceptors (Lipinski definition) is 3. The molecule has 86 valence electrons. The van der Waals surface area contributed by atoms with Gasteiger partial charge < -0.3 is 15.7 Å². The van der Waals surface area contributed by atoms with Crippen LogP contribution in [0.1, 0.15) is 18.9 Å². The number of rotatable bonds is 2. The Bertz CT molecular complexity index is 417. The number of benzene rings is 1. The molecule has 16 heavy (non-hydrogen) atoms. The summed E-state index contributed by atoms with van der Waals surface area (Å²) >= 11 is 0. The maximum atomic E-state index is 11.0. The zero-order valence-corrected chi connectivity index (χ0v) is 9.31. The lowest BCUT2D eigenvalue weighted by Crippen LogP contribution is -2.42. The number of aliphatic carboxylic acids is 1. The Kier molecular flexibility index (Phi) is 2.73. The van der Waals surface area contributed by atoms with E-state index in [2.05, 4.69) is 0 Å². The molecular weight excluding hydrogens is 204 g/mol. The van der Waals surface area contributed by atoms with Gasteiger partial charge in [0.2, 0.25) is 0 Å². The third-order valence-corrected chi connectivity index (χ3v) is 3.15. The molecule has 1 aromatic carbocycles. The fraction of sp³-hybridized carbons (Fsp3) is 0.417. The number of carboxylic acid groups (broad SMARTS) is 1. The smallest absolute Gasteiger partial charge is 0.326 e. The van der Waals surface area contributed by atoms with E-state index in [1.807, 2.05) is 23.1 Å². The highest BCUT2D eigenvalue weighted by atomic mass is 16.4. The van der Waals surface area contributed by atoms with Crippen molar-refractivity contribution in [2.75, 3.05) is 17.2 Å². The summed E-state index contributed by atoms with van der Waals surface area (Å²) in [5, 5.41) is 9.06. The lowest BCUT2D eigenvalue weighted by molar-refractivity contribution is -0.138. The summed E-state index contributed by atoms with van der Waals surface area (Å²) in [5.41, 5.74) is 8.73. The van der Waals surface area contributed by atoms with Crippen LogP contribution in [0.2, 0.25) is 0 Å². The maximum absolute atomic E-state index is 11.0. The van der Waals surface area contributed by atoms with Gasteiger partial charge in [-0.05, 0) is 37.5 Å². The Balaban J connectivity index is 2.40. The molecule has 1 heterocycles. The van der Waals surface area contributed by atoms with E-state index in [9.17, 15) is 4.79 Å². The predicted octanol–water partition coefficient (Wildman–Crippen LogP) is 1.49. The van der Waals surface area contributed by atoms with Crippen molar-refractivity contribution >= 4 is 17.3 Å². The third-order valence-electron chi connectivity index (χ3n) is 3.15. The van der Waals surface area contributed by atoms with Gasteiger partial charge in [0.25, 0.3) is 0 Å². The number of fused-ring (bicyclic) bond motifs is 1.